The summed E-state index contributed by atoms with van der Waals surface area (Å²) in [5, 5.41) is 3.19. The zero-order valence-corrected chi connectivity index (χ0v) is 16.2. The number of carbonyl (C=O) groups excluding carboxylic acids is 1. The molecule has 1 N–H and O–H groups in total. The van der Waals surface area contributed by atoms with E-state index in [0.29, 0.717) is 42.0 Å². The molecule has 1 amide bonds. The van der Waals surface area contributed by atoms with Gasteiger partial charge in [0, 0.05) is 24.2 Å². The number of hydrogen-bond acceptors (Lipinski definition) is 3. The number of hydrogen-bond donors (Lipinski definition) is 1. The minimum absolute atomic E-state index is 0.0246. The van der Waals surface area contributed by atoms with Gasteiger partial charge in [-0.3, -0.25) is 9.69 Å². The molecule has 1 aromatic heterocycles. The van der Waals surface area contributed by atoms with E-state index in [4.69, 9.17) is 23.2 Å². The summed E-state index contributed by atoms with van der Waals surface area (Å²) in [6.07, 6.45) is 3.00. The first kappa shape index (κ1) is 18.7. The summed E-state index contributed by atoms with van der Waals surface area (Å²) in [6, 6.07) is 8.41. The van der Waals surface area contributed by atoms with Crippen LogP contribution in [0.5, 0.6) is 0 Å². The zero-order valence-electron chi connectivity index (χ0n) is 14.7. The number of nitrogens with zero attached hydrogens (tertiary/aromatic N) is 2. The third-order valence-corrected chi connectivity index (χ3v) is 5.70. The fraction of sp³-hybridized carbons (Fsp3) is 0.400. The van der Waals surface area contributed by atoms with Gasteiger partial charge in [-0.25, -0.2) is 9.37 Å². The Morgan fingerprint density at radius 2 is 2.00 bits per heavy atom. The van der Waals surface area contributed by atoms with Crippen LogP contribution in [-0.4, -0.2) is 28.9 Å². The number of nitrogens with one attached hydrogen (secondary N) is 1. The lowest BCUT2D eigenvalue weighted by Crippen LogP contribution is -2.28. The number of carbonyl (C=O) groups is 1. The molecule has 1 aliphatic heterocycles. The molecule has 1 saturated carbocycles. The predicted octanol–water partition coefficient (Wildman–Crippen LogP) is 4.87. The van der Waals surface area contributed by atoms with Crippen LogP contribution in [0.15, 0.2) is 30.3 Å². The van der Waals surface area contributed by atoms with Gasteiger partial charge in [-0.15, -0.1) is 0 Å². The van der Waals surface area contributed by atoms with Crippen molar-refractivity contribution in [2.75, 3.05) is 18.4 Å². The van der Waals surface area contributed by atoms with Gasteiger partial charge in [0.1, 0.15) is 16.8 Å². The van der Waals surface area contributed by atoms with Crippen molar-refractivity contribution in [3.8, 4) is 0 Å². The molecule has 0 radical (unpaired) electrons. The summed E-state index contributed by atoms with van der Waals surface area (Å²) in [5.41, 5.74) is 1.23. The third kappa shape index (κ3) is 4.26. The molecular formula is C20H20Cl2FN3O. The Balaban J connectivity index is 1.70. The second-order valence-corrected chi connectivity index (χ2v) is 8.09. The molecule has 1 fully saturated rings. The van der Waals surface area contributed by atoms with Crippen molar-refractivity contribution in [3.63, 3.8) is 0 Å². The minimum Gasteiger partial charge on any atom is -0.310 e. The molecular weight excluding hydrogens is 388 g/mol. The quantitative estimate of drug-likeness (QED) is 0.738. The highest BCUT2D eigenvalue weighted by Gasteiger charge is 2.30. The molecule has 1 atom stereocenters. The molecule has 1 unspecified atom stereocenters. The number of aromatic nitrogens is 1. The summed E-state index contributed by atoms with van der Waals surface area (Å²) in [4.78, 5) is 19.6. The lowest BCUT2D eigenvalue weighted by Gasteiger charge is -2.23. The highest BCUT2D eigenvalue weighted by molar-refractivity contribution is 6.30. The van der Waals surface area contributed by atoms with Crippen LogP contribution in [0.2, 0.25) is 10.2 Å². The number of amides is 1. The van der Waals surface area contributed by atoms with Crippen LogP contribution >= 0.6 is 23.2 Å². The van der Waals surface area contributed by atoms with Crippen molar-refractivity contribution in [1.82, 2.24) is 9.88 Å². The standard InChI is InChI=1S/C20H20Cl2FN3O/c21-16-3-1-2-14(18(16)23)15-8-9-26(10-12-4-5-12)11-13-6-7-17(22)24-19(13)25-20(15)27/h1-3,6-7,12,15H,4-5,8-11H2,(H,24,25,27). The van der Waals surface area contributed by atoms with E-state index in [1.807, 2.05) is 6.07 Å². The van der Waals surface area contributed by atoms with Crippen molar-refractivity contribution in [2.24, 2.45) is 5.92 Å². The Bertz CT molecular complexity index is 872. The maximum Gasteiger partial charge on any atom is 0.233 e. The average molecular weight is 408 g/mol. The summed E-state index contributed by atoms with van der Waals surface area (Å²) in [6.45, 7) is 2.35. The fourth-order valence-electron chi connectivity index (χ4n) is 3.57. The van der Waals surface area contributed by atoms with Gasteiger partial charge in [0.2, 0.25) is 5.91 Å². The van der Waals surface area contributed by atoms with Crippen molar-refractivity contribution in [2.45, 2.75) is 31.7 Å². The topological polar surface area (TPSA) is 45.2 Å². The van der Waals surface area contributed by atoms with Gasteiger partial charge in [0.05, 0.1) is 10.9 Å². The highest BCUT2D eigenvalue weighted by atomic mass is 35.5. The van der Waals surface area contributed by atoms with E-state index in [0.717, 1.165) is 12.1 Å². The summed E-state index contributed by atoms with van der Waals surface area (Å²) in [7, 11) is 0. The lowest BCUT2D eigenvalue weighted by molar-refractivity contribution is -0.117. The smallest absolute Gasteiger partial charge is 0.233 e. The molecule has 4 rings (SSSR count). The van der Waals surface area contributed by atoms with Crippen LogP contribution < -0.4 is 5.32 Å². The van der Waals surface area contributed by atoms with Gasteiger partial charge in [-0.2, -0.15) is 0 Å². The first-order chi connectivity index (χ1) is 13.0. The Labute approximate surface area is 167 Å². The predicted molar refractivity (Wildman–Crippen MR) is 105 cm³/mol. The third-order valence-electron chi connectivity index (χ3n) is 5.20. The Hall–Kier alpha value is -1.69. The van der Waals surface area contributed by atoms with E-state index in [9.17, 15) is 9.18 Å². The molecule has 2 heterocycles. The van der Waals surface area contributed by atoms with Crippen LogP contribution in [0.4, 0.5) is 10.2 Å². The molecule has 2 aliphatic rings. The maximum atomic E-state index is 14.6. The molecule has 142 valence electrons. The SMILES string of the molecule is O=C1Nc2nc(Cl)ccc2CN(CC2CC2)CCC1c1cccc(Cl)c1F. The molecule has 4 nitrogen and oxygen atoms in total. The second kappa shape index (κ2) is 7.74. The summed E-state index contributed by atoms with van der Waals surface area (Å²) >= 11 is 12.0. The Morgan fingerprint density at radius 3 is 2.78 bits per heavy atom. The van der Waals surface area contributed by atoms with Gasteiger partial charge >= 0.3 is 0 Å². The fourth-order valence-corrected chi connectivity index (χ4v) is 3.90. The van der Waals surface area contributed by atoms with Gasteiger partial charge in [0.15, 0.2) is 0 Å². The van der Waals surface area contributed by atoms with Gasteiger partial charge in [0.25, 0.3) is 0 Å². The van der Waals surface area contributed by atoms with E-state index in [1.54, 1.807) is 18.2 Å². The first-order valence-corrected chi connectivity index (χ1v) is 9.89. The number of rotatable bonds is 3. The molecule has 1 aromatic carbocycles. The molecule has 0 saturated heterocycles. The van der Waals surface area contributed by atoms with Gasteiger partial charge < -0.3 is 5.32 Å². The van der Waals surface area contributed by atoms with E-state index in [-0.39, 0.29) is 10.9 Å². The second-order valence-electron chi connectivity index (χ2n) is 7.29. The molecule has 0 spiro atoms. The Morgan fingerprint density at radius 1 is 1.19 bits per heavy atom. The van der Waals surface area contributed by atoms with Crippen molar-refractivity contribution in [3.05, 3.63) is 57.5 Å². The molecule has 7 heteroatoms. The normalized spacial score (nSPS) is 21.0. The van der Waals surface area contributed by atoms with Crippen molar-refractivity contribution >= 4 is 34.9 Å². The Kier molecular flexibility index (Phi) is 5.35. The minimum atomic E-state index is -0.642. The van der Waals surface area contributed by atoms with Crippen LogP contribution in [0.25, 0.3) is 0 Å². The number of pyridine rings is 1. The molecule has 1 aliphatic carbocycles. The number of benzene rings is 1. The maximum absolute atomic E-state index is 14.6. The summed E-state index contributed by atoms with van der Waals surface area (Å²) in [5.74, 6) is -0.314. The van der Waals surface area contributed by atoms with Crippen LogP contribution in [0.3, 0.4) is 0 Å². The van der Waals surface area contributed by atoms with Crippen LogP contribution in [-0.2, 0) is 11.3 Å². The summed E-state index contributed by atoms with van der Waals surface area (Å²) < 4.78 is 14.6. The largest absolute Gasteiger partial charge is 0.310 e. The van der Waals surface area contributed by atoms with Crippen molar-refractivity contribution < 1.29 is 9.18 Å². The van der Waals surface area contributed by atoms with Crippen LogP contribution in [0.1, 0.15) is 36.3 Å². The number of anilines is 1. The van der Waals surface area contributed by atoms with E-state index in [1.165, 1.54) is 18.9 Å². The van der Waals surface area contributed by atoms with Gasteiger partial charge in [-0.1, -0.05) is 41.4 Å². The molecule has 2 aromatic rings. The monoisotopic (exact) mass is 407 g/mol. The zero-order chi connectivity index (χ0) is 19.0. The first-order valence-electron chi connectivity index (χ1n) is 9.14. The van der Waals surface area contributed by atoms with E-state index >= 15 is 0 Å². The van der Waals surface area contributed by atoms with E-state index < -0.39 is 11.7 Å². The molecule has 0 bridgehead atoms. The number of halogens is 3. The van der Waals surface area contributed by atoms with Crippen molar-refractivity contribution in [1.29, 1.82) is 0 Å². The lowest BCUT2D eigenvalue weighted by atomic mass is 9.94. The van der Waals surface area contributed by atoms with Crippen LogP contribution in [0, 0.1) is 11.7 Å². The van der Waals surface area contributed by atoms with Gasteiger partial charge in [-0.05, 0) is 43.9 Å². The molecule has 27 heavy (non-hydrogen) atoms. The number of fused-ring (bicyclic) bond motifs is 1. The average Bonchev–Trinajstić information content (AvgIpc) is 3.43. The highest BCUT2D eigenvalue weighted by Crippen LogP contribution is 2.34. The van der Waals surface area contributed by atoms with E-state index in [2.05, 4.69) is 15.2 Å².